The molecule has 1 aromatic heterocycles. The summed E-state index contributed by atoms with van der Waals surface area (Å²) in [5, 5.41) is 7.98. The van der Waals surface area contributed by atoms with Gasteiger partial charge in [-0.3, -0.25) is 9.59 Å². The topological polar surface area (TPSA) is 67.2 Å². The normalized spacial score (nSPS) is 10.8. The van der Waals surface area contributed by atoms with Crippen LogP contribution >= 0.6 is 11.6 Å². The van der Waals surface area contributed by atoms with E-state index < -0.39 is 0 Å². The summed E-state index contributed by atoms with van der Waals surface area (Å²) in [4.78, 5) is 26.7. The number of benzene rings is 2. The Labute approximate surface area is 187 Å². The molecule has 0 unspecified atom stereocenters. The Kier molecular flexibility index (Phi) is 6.51. The van der Waals surface area contributed by atoms with Crippen molar-refractivity contribution in [3.63, 3.8) is 0 Å². The molecule has 1 heterocycles. The number of anilines is 1. The summed E-state index contributed by atoms with van der Waals surface area (Å²) in [6.07, 6.45) is 0. The molecule has 0 radical (unpaired) electrons. The average Bonchev–Trinajstić information content (AvgIpc) is 2.97. The zero-order chi connectivity index (χ0) is 22.9. The van der Waals surface area contributed by atoms with Gasteiger partial charge in [0.2, 0.25) is 5.91 Å². The highest BCUT2D eigenvalue weighted by molar-refractivity contribution is 6.31. The second-order valence-corrected chi connectivity index (χ2v) is 8.30. The monoisotopic (exact) mass is 438 g/mol. The van der Waals surface area contributed by atoms with Gasteiger partial charge in [-0.1, -0.05) is 29.3 Å². The number of rotatable bonds is 5. The van der Waals surface area contributed by atoms with Crippen molar-refractivity contribution in [2.75, 3.05) is 18.9 Å². The summed E-state index contributed by atoms with van der Waals surface area (Å²) in [6.45, 7) is 9.64. The highest BCUT2D eigenvalue weighted by Gasteiger charge is 2.17. The van der Waals surface area contributed by atoms with Gasteiger partial charge in [-0.25, -0.2) is 4.68 Å². The van der Waals surface area contributed by atoms with Gasteiger partial charge < -0.3 is 10.2 Å². The van der Waals surface area contributed by atoms with E-state index in [2.05, 4.69) is 10.4 Å². The van der Waals surface area contributed by atoms with Crippen molar-refractivity contribution in [1.82, 2.24) is 14.7 Å². The lowest BCUT2D eigenvalue weighted by atomic mass is 10.1. The number of nitrogens with one attached hydrogen (secondary N) is 1. The van der Waals surface area contributed by atoms with E-state index in [1.165, 1.54) is 4.90 Å². The lowest BCUT2D eigenvalue weighted by Gasteiger charge is -2.19. The second kappa shape index (κ2) is 8.94. The standard InChI is InChI=1S/C24H27ClN4O2/c1-14-11-15(2)23(16(3)12-14)26-21(30)13-28(6)24(31)19-7-9-20(10-8-19)29-18(5)22(25)17(4)27-29/h7-12H,13H2,1-6H3,(H,26,30). The first-order chi connectivity index (χ1) is 14.6. The van der Waals surface area contributed by atoms with E-state index in [-0.39, 0.29) is 18.4 Å². The molecule has 7 heteroatoms. The molecule has 0 bridgehead atoms. The summed E-state index contributed by atoms with van der Waals surface area (Å²) < 4.78 is 1.75. The third-order valence-electron chi connectivity index (χ3n) is 5.23. The van der Waals surface area contributed by atoms with Crippen molar-refractivity contribution >= 4 is 29.1 Å². The van der Waals surface area contributed by atoms with E-state index in [4.69, 9.17) is 11.6 Å². The first-order valence-electron chi connectivity index (χ1n) is 10.0. The van der Waals surface area contributed by atoms with Crippen LogP contribution in [0.4, 0.5) is 5.69 Å². The van der Waals surface area contributed by atoms with Gasteiger partial charge in [0.05, 0.1) is 28.6 Å². The zero-order valence-corrected chi connectivity index (χ0v) is 19.5. The molecule has 0 aliphatic heterocycles. The number of nitrogens with zero attached hydrogens (tertiary/aromatic N) is 3. The van der Waals surface area contributed by atoms with Crippen molar-refractivity contribution in [1.29, 1.82) is 0 Å². The van der Waals surface area contributed by atoms with Gasteiger partial charge >= 0.3 is 0 Å². The van der Waals surface area contributed by atoms with E-state index in [0.717, 1.165) is 39.5 Å². The van der Waals surface area contributed by atoms with Gasteiger partial charge in [0.25, 0.3) is 5.91 Å². The molecule has 0 spiro atoms. The van der Waals surface area contributed by atoms with E-state index in [1.54, 1.807) is 23.9 Å². The Morgan fingerprint density at radius 3 is 2.13 bits per heavy atom. The Balaban J connectivity index is 1.68. The number of aryl methyl sites for hydroxylation is 4. The number of hydrogen-bond acceptors (Lipinski definition) is 3. The first kappa shape index (κ1) is 22.6. The van der Waals surface area contributed by atoms with Crippen LogP contribution in [-0.4, -0.2) is 40.1 Å². The number of halogens is 1. The third kappa shape index (κ3) is 4.80. The van der Waals surface area contributed by atoms with Gasteiger partial charge in [-0.15, -0.1) is 0 Å². The molecule has 3 rings (SSSR count). The van der Waals surface area contributed by atoms with Gasteiger partial charge in [0.1, 0.15) is 0 Å². The maximum Gasteiger partial charge on any atom is 0.254 e. The molecule has 3 aromatic rings. The molecule has 0 fully saturated rings. The summed E-state index contributed by atoms with van der Waals surface area (Å²) in [5.74, 6) is -0.467. The van der Waals surface area contributed by atoms with Crippen molar-refractivity contribution < 1.29 is 9.59 Å². The van der Waals surface area contributed by atoms with E-state index in [1.807, 2.05) is 58.9 Å². The summed E-state index contributed by atoms with van der Waals surface area (Å²) >= 11 is 6.22. The zero-order valence-electron chi connectivity index (χ0n) is 18.7. The predicted octanol–water partition coefficient (Wildman–Crippen LogP) is 4.78. The fourth-order valence-electron chi connectivity index (χ4n) is 3.68. The minimum Gasteiger partial charge on any atom is -0.332 e. The maximum atomic E-state index is 12.8. The average molecular weight is 439 g/mol. The van der Waals surface area contributed by atoms with Crippen LogP contribution in [0.1, 0.15) is 38.4 Å². The number of hydrogen-bond donors (Lipinski definition) is 1. The molecule has 1 N–H and O–H groups in total. The number of amides is 2. The Hall–Kier alpha value is -3.12. The largest absolute Gasteiger partial charge is 0.332 e. The van der Waals surface area contributed by atoms with Gasteiger partial charge in [0, 0.05) is 18.3 Å². The molecular weight excluding hydrogens is 412 g/mol. The van der Waals surface area contributed by atoms with Crippen molar-refractivity contribution in [3.05, 3.63) is 75.1 Å². The van der Waals surface area contributed by atoms with Crippen LogP contribution in [-0.2, 0) is 4.79 Å². The molecule has 0 saturated carbocycles. The van der Waals surface area contributed by atoms with E-state index in [9.17, 15) is 9.59 Å². The molecule has 2 amide bonds. The third-order valence-corrected chi connectivity index (χ3v) is 5.78. The van der Waals surface area contributed by atoms with Crippen molar-refractivity contribution in [3.8, 4) is 5.69 Å². The quantitative estimate of drug-likeness (QED) is 0.623. The van der Waals surface area contributed by atoms with E-state index in [0.29, 0.717) is 10.6 Å². The van der Waals surface area contributed by atoms with Crippen molar-refractivity contribution in [2.45, 2.75) is 34.6 Å². The SMILES string of the molecule is Cc1cc(C)c(NC(=O)CN(C)C(=O)c2ccc(-n3nc(C)c(Cl)c3C)cc2)c(C)c1. The Morgan fingerprint density at radius 2 is 1.61 bits per heavy atom. The Bertz CT molecular complexity index is 1130. The van der Waals surface area contributed by atoms with Crippen LogP contribution in [0.2, 0.25) is 5.02 Å². The number of likely N-dealkylation sites (N-methyl/N-ethyl adjacent to an activating group) is 1. The Morgan fingerprint density at radius 1 is 1.03 bits per heavy atom. The lowest BCUT2D eigenvalue weighted by Crippen LogP contribution is -2.35. The molecule has 162 valence electrons. The van der Waals surface area contributed by atoms with Gasteiger partial charge in [-0.2, -0.15) is 5.10 Å². The van der Waals surface area contributed by atoms with Crippen LogP contribution in [0.3, 0.4) is 0 Å². The van der Waals surface area contributed by atoms with Gasteiger partial charge in [0.15, 0.2) is 0 Å². The molecule has 6 nitrogen and oxygen atoms in total. The smallest absolute Gasteiger partial charge is 0.254 e. The van der Waals surface area contributed by atoms with Gasteiger partial charge in [-0.05, 0) is 70.0 Å². The van der Waals surface area contributed by atoms with Crippen LogP contribution in [0.5, 0.6) is 0 Å². The summed E-state index contributed by atoms with van der Waals surface area (Å²) in [7, 11) is 1.62. The van der Waals surface area contributed by atoms with Crippen LogP contribution in [0, 0.1) is 34.6 Å². The fraction of sp³-hybridized carbons (Fsp3) is 0.292. The molecule has 0 atom stereocenters. The number of aromatic nitrogens is 2. The first-order valence-corrected chi connectivity index (χ1v) is 10.4. The van der Waals surface area contributed by atoms with E-state index >= 15 is 0 Å². The molecule has 0 saturated heterocycles. The molecule has 0 aliphatic rings. The highest BCUT2D eigenvalue weighted by atomic mass is 35.5. The molecule has 31 heavy (non-hydrogen) atoms. The number of carbonyl (C=O) groups excluding carboxylic acids is 2. The predicted molar refractivity (Wildman–Crippen MR) is 124 cm³/mol. The minimum absolute atomic E-state index is 0.0413. The maximum absolute atomic E-state index is 12.8. The molecular formula is C24H27ClN4O2. The molecule has 2 aromatic carbocycles. The van der Waals surface area contributed by atoms with Crippen molar-refractivity contribution in [2.24, 2.45) is 0 Å². The summed E-state index contributed by atoms with van der Waals surface area (Å²) in [5.41, 5.74) is 6.84. The van der Waals surface area contributed by atoms with Crippen LogP contribution in [0.25, 0.3) is 5.69 Å². The second-order valence-electron chi connectivity index (χ2n) is 7.93. The van der Waals surface area contributed by atoms with Crippen LogP contribution in [0.15, 0.2) is 36.4 Å². The highest BCUT2D eigenvalue weighted by Crippen LogP contribution is 2.23. The van der Waals surface area contributed by atoms with Crippen LogP contribution < -0.4 is 5.32 Å². The minimum atomic E-state index is -0.236. The lowest BCUT2D eigenvalue weighted by molar-refractivity contribution is -0.116. The number of carbonyl (C=O) groups is 2. The summed E-state index contributed by atoms with van der Waals surface area (Å²) in [6, 6.07) is 11.1. The molecule has 0 aliphatic carbocycles. The fourth-order valence-corrected chi connectivity index (χ4v) is 3.80.